The van der Waals surface area contributed by atoms with Gasteiger partial charge in [-0.05, 0) is 31.2 Å². The molecule has 148 valence electrons. The number of carbonyl (C=O) groups is 1. The lowest BCUT2D eigenvalue weighted by Crippen LogP contribution is -2.04. The summed E-state index contributed by atoms with van der Waals surface area (Å²) in [5.74, 6) is 1.76. The molecule has 0 aliphatic rings. The van der Waals surface area contributed by atoms with Crippen molar-refractivity contribution in [2.75, 3.05) is 5.75 Å². The summed E-state index contributed by atoms with van der Waals surface area (Å²) in [7, 11) is 0. The van der Waals surface area contributed by atoms with Crippen LogP contribution in [0.4, 0.5) is 0 Å². The van der Waals surface area contributed by atoms with Crippen molar-refractivity contribution in [3.63, 3.8) is 0 Å². The quantitative estimate of drug-likeness (QED) is 0.302. The molecule has 0 saturated heterocycles. The van der Waals surface area contributed by atoms with Gasteiger partial charge in [-0.1, -0.05) is 48.2 Å². The number of Topliss-reactive ketones (excluding diaryl/α,β-unsaturated/α-hetero) is 1. The average molecular weight is 414 g/mol. The molecule has 3 aromatic heterocycles. The third kappa shape index (κ3) is 3.23. The maximum Gasteiger partial charge on any atom is 0.196 e. The lowest BCUT2D eigenvalue weighted by molar-refractivity contribution is 0.102. The second-order valence-corrected chi connectivity index (χ2v) is 7.77. The molecule has 0 unspecified atom stereocenters. The highest BCUT2D eigenvalue weighted by Crippen LogP contribution is 2.31. The lowest BCUT2D eigenvalue weighted by Gasteiger charge is -2.09. The summed E-state index contributed by atoms with van der Waals surface area (Å²) < 4.78 is 7.42. The molecule has 0 radical (unpaired) electrons. The Labute approximate surface area is 176 Å². The van der Waals surface area contributed by atoms with Crippen molar-refractivity contribution in [1.29, 1.82) is 0 Å². The minimum absolute atomic E-state index is 0.0427. The third-order valence-electron chi connectivity index (χ3n) is 4.97. The zero-order chi connectivity index (χ0) is 20.5. The van der Waals surface area contributed by atoms with Gasteiger partial charge in [-0.3, -0.25) is 9.36 Å². The fourth-order valence-corrected chi connectivity index (χ4v) is 4.31. The predicted octanol–water partition coefficient (Wildman–Crippen LogP) is 5.29. The number of aromatic nitrogens is 4. The molecule has 6 nitrogen and oxygen atoms in total. The van der Waals surface area contributed by atoms with Crippen LogP contribution in [-0.2, 0) is 0 Å². The van der Waals surface area contributed by atoms with Crippen LogP contribution in [0.15, 0.2) is 82.7 Å². The zero-order valence-corrected chi connectivity index (χ0v) is 17.0. The monoisotopic (exact) mass is 414 g/mol. The molecule has 5 aromatic rings. The van der Waals surface area contributed by atoms with Crippen LogP contribution in [0.3, 0.4) is 0 Å². The number of hydrogen-bond acceptors (Lipinski definition) is 5. The lowest BCUT2D eigenvalue weighted by atomic mass is 10.1. The summed E-state index contributed by atoms with van der Waals surface area (Å²) >= 11 is 1.38. The number of ketones is 1. The van der Waals surface area contributed by atoms with Crippen molar-refractivity contribution in [3.8, 4) is 17.1 Å². The molecule has 3 heterocycles. The molecule has 2 aromatic carbocycles. The maximum atomic E-state index is 12.9. The number of hydrogen-bond donors (Lipinski definition) is 1. The first-order valence-electron chi connectivity index (χ1n) is 9.50. The van der Waals surface area contributed by atoms with E-state index in [4.69, 9.17) is 4.42 Å². The van der Waals surface area contributed by atoms with Crippen molar-refractivity contribution in [3.05, 3.63) is 84.4 Å². The van der Waals surface area contributed by atoms with E-state index in [-0.39, 0.29) is 11.5 Å². The summed E-state index contributed by atoms with van der Waals surface area (Å²) in [5, 5.41) is 10.4. The summed E-state index contributed by atoms with van der Waals surface area (Å²) in [6.07, 6.45) is 3.41. The molecule has 0 bridgehead atoms. The van der Waals surface area contributed by atoms with E-state index in [0.29, 0.717) is 16.5 Å². The van der Waals surface area contributed by atoms with E-state index in [1.807, 2.05) is 72.2 Å². The van der Waals surface area contributed by atoms with Crippen LogP contribution in [0.1, 0.15) is 16.1 Å². The van der Waals surface area contributed by atoms with Gasteiger partial charge in [-0.25, -0.2) is 0 Å². The first kappa shape index (κ1) is 18.4. The molecular weight excluding hydrogens is 396 g/mol. The molecule has 0 atom stereocenters. The van der Waals surface area contributed by atoms with E-state index >= 15 is 0 Å². The Bertz CT molecular complexity index is 1330. The first-order chi connectivity index (χ1) is 14.7. The molecule has 0 aliphatic heterocycles. The van der Waals surface area contributed by atoms with Crippen molar-refractivity contribution < 1.29 is 9.21 Å². The second kappa shape index (κ2) is 7.68. The van der Waals surface area contributed by atoms with Crippen LogP contribution in [0, 0.1) is 6.92 Å². The van der Waals surface area contributed by atoms with Gasteiger partial charge in [-0.2, -0.15) is 0 Å². The van der Waals surface area contributed by atoms with Gasteiger partial charge in [0.1, 0.15) is 5.76 Å². The van der Waals surface area contributed by atoms with Crippen molar-refractivity contribution >= 4 is 28.4 Å². The van der Waals surface area contributed by atoms with Gasteiger partial charge < -0.3 is 9.40 Å². The number of rotatable bonds is 6. The molecule has 0 amide bonds. The fraction of sp³-hybridized carbons (Fsp3) is 0.0870. The largest absolute Gasteiger partial charge is 0.469 e. The molecule has 30 heavy (non-hydrogen) atoms. The van der Waals surface area contributed by atoms with Crippen LogP contribution in [0.5, 0.6) is 0 Å². The van der Waals surface area contributed by atoms with Crippen LogP contribution in [-0.4, -0.2) is 31.3 Å². The highest BCUT2D eigenvalue weighted by molar-refractivity contribution is 7.99. The van der Waals surface area contributed by atoms with Gasteiger partial charge in [0.25, 0.3) is 0 Å². The number of H-pyrrole nitrogens is 1. The molecular formula is C23H18N4O2S. The van der Waals surface area contributed by atoms with E-state index in [9.17, 15) is 4.79 Å². The number of aryl methyl sites for hydroxylation is 1. The molecule has 7 heteroatoms. The van der Waals surface area contributed by atoms with Gasteiger partial charge in [0.15, 0.2) is 16.8 Å². The maximum absolute atomic E-state index is 12.9. The zero-order valence-electron chi connectivity index (χ0n) is 16.2. The Morgan fingerprint density at radius 1 is 1.07 bits per heavy atom. The molecule has 0 fully saturated rings. The SMILES string of the molecule is Cc1occc1-c1nnc(SCC(=O)c2c[nH]c3ccccc23)n1-c1ccccc1. The summed E-state index contributed by atoms with van der Waals surface area (Å²) in [4.78, 5) is 16.1. The summed E-state index contributed by atoms with van der Waals surface area (Å²) in [6, 6.07) is 19.6. The number of aromatic amines is 1. The number of fused-ring (bicyclic) bond motifs is 1. The Morgan fingerprint density at radius 2 is 1.87 bits per heavy atom. The normalized spacial score (nSPS) is 11.2. The van der Waals surface area contributed by atoms with E-state index in [1.165, 1.54) is 11.8 Å². The van der Waals surface area contributed by atoms with E-state index < -0.39 is 0 Å². The molecule has 0 saturated carbocycles. The topological polar surface area (TPSA) is 76.7 Å². The number of nitrogens with one attached hydrogen (secondary N) is 1. The minimum Gasteiger partial charge on any atom is -0.469 e. The van der Waals surface area contributed by atoms with Crippen LogP contribution in [0.25, 0.3) is 28.0 Å². The number of carbonyl (C=O) groups excluding carboxylic acids is 1. The van der Waals surface area contributed by atoms with Crippen LogP contribution < -0.4 is 0 Å². The van der Waals surface area contributed by atoms with Gasteiger partial charge in [0.2, 0.25) is 0 Å². The van der Waals surface area contributed by atoms with Crippen LogP contribution >= 0.6 is 11.8 Å². The minimum atomic E-state index is 0.0427. The Kier molecular flexibility index (Phi) is 4.72. The highest BCUT2D eigenvalue weighted by Gasteiger charge is 2.20. The van der Waals surface area contributed by atoms with Crippen LogP contribution in [0.2, 0.25) is 0 Å². The van der Waals surface area contributed by atoms with E-state index in [2.05, 4.69) is 15.2 Å². The molecule has 0 spiro atoms. The summed E-state index contributed by atoms with van der Waals surface area (Å²) in [6.45, 7) is 1.90. The van der Waals surface area contributed by atoms with Crippen molar-refractivity contribution in [2.24, 2.45) is 0 Å². The average Bonchev–Trinajstić information content (AvgIpc) is 3.50. The number of furan rings is 1. The fourth-order valence-electron chi connectivity index (χ4n) is 3.47. The summed E-state index contributed by atoms with van der Waals surface area (Å²) in [5.41, 5.74) is 3.45. The van der Waals surface area contributed by atoms with Crippen molar-refractivity contribution in [2.45, 2.75) is 12.1 Å². The van der Waals surface area contributed by atoms with Crippen molar-refractivity contribution in [1.82, 2.24) is 19.7 Å². The molecule has 1 N–H and O–H groups in total. The van der Waals surface area contributed by atoms with E-state index in [0.717, 1.165) is 27.9 Å². The third-order valence-corrected chi connectivity index (χ3v) is 5.90. The smallest absolute Gasteiger partial charge is 0.196 e. The first-order valence-corrected chi connectivity index (χ1v) is 10.5. The number of benzene rings is 2. The van der Waals surface area contributed by atoms with Gasteiger partial charge in [0.05, 0.1) is 17.6 Å². The van der Waals surface area contributed by atoms with E-state index in [1.54, 1.807) is 12.5 Å². The highest BCUT2D eigenvalue weighted by atomic mass is 32.2. The number of para-hydroxylation sites is 2. The number of nitrogens with zero attached hydrogens (tertiary/aromatic N) is 3. The Balaban J connectivity index is 1.48. The van der Waals surface area contributed by atoms with Gasteiger partial charge in [0, 0.05) is 28.4 Å². The Morgan fingerprint density at radius 3 is 2.67 bits per heavy atom. The predicted molar refractivity (Wildman–Crippen MR) is 117 cm³/mol. The molecule has 5 rings (SSSR count). The number of thioether (sulfide) groups is 1. The molecule has 0 aliphatic carbocycles. The van der Waals surface area contributed by atoms with Gasteiger partial charge >= 0.3 is 0 Å². The van der Waals surface area contributed by atoms with Gasteiger partial charge in [-0.15, -0.1) is 10.2 Å². The second-order valence-electron chi connectivity index (χ2n) is 6.83. The Hall–Kier alpha value is -3.58. The standard InChI is InChI=1S/C23H18N4O2S/c1-15-17(11-12-29-15)22-25-26-23(27(22)16-7-3-2-4-8-16)30-14-21(28)19-13-24-20-10-6-5-9-18(19)20/h2-13,24H,14H2,1H3.